The summed E-state index contributed by atoms with van der Waals surface area (Å²) in [5, 5.41) is 11.9. The fourth-order valence-corrected chi connectivity index (χ4v) is 2.11. The third kappa shape index (κ3) is 2.41. The van der Waals surface area contributed by atoms with Crippen molar-refractivity contribution in [2.24, 2.45) is 10.9 Å². The molecule has 16 heavy (non-hydrogen) atoms. The molecule has 3 N–H and O–H groups in total. The maximum absolute atomic E-state index is 8.82. The van der Waals surface area contributed by atoms with Gasteiger partial charge in [0.15, 0.2) is 5.84 Å². The zero-order valence-electron chi connectivity index (χ0n) is 9.77. The Labute approximate surface area is 100 Å². The van der Waals surface area contributed by atoms with Gasteiger partial charge in [0.25, 0.3) is 0 Å². The van der Waals surface area contributed by atoms with Gasteiger partial charge < -0.3 is 15.8 Å². The SMILES string of the molecule is CCN(C)c1cccc(SC)c1/C(N)=N/O. The van der Waals surface area contributed by atoms with Crippen molar-refractivity contribution in [3.63, 3.8) is 0 Å². The van der Waals surface area contributed by atoms with Gasteiger partial charge in [-0.1, -0.05) is 11.2 Å². The summed E-state index contributed by atoms with van der Waals surface area (Å²) in [5.74, 6) is 0.153. The van der Waals surface area contributed by atoms with E-state index in [0.717, 1.165) is 22.7 Å². The molecule has 0 fully saturated rings. The molecule has 0 unspecified atom stereocenters. The van der Waals surface area contributed by atoms with Gasteiger partial charge in [-0.2, -0.15) is 0 Å². The van der Waals surface area contributed by atoms with E-state index in [2.05, 4.69) is 17.0 Å². The van der Waals surface area contributed by atoms with Crippen molar-refractivity contribution in [3.05, 3.63) is 23.8 Å². The standard InChI is InChI=1S/C11H17N3OS/c1-4-14(2)8-6-5-7-9(16-3)10(8)11(12)13-15/h5-7,15H,4H2,1-3H3,(H2,12,13). The van der Waals surface area contributed by atoms with Crippen LogP contribution >= 0.6 is 11.8 Å². The minimum Gasteiger partial charge on any atom is -0.409 e. The molecule has 0 spiro atoms. The van der Waals surface area contributed by atoms with Crippen molar-refractivity contribution < 1.29 is 5.21 Å². The molecule has 0 atom stereocenters. The zero-order chi connectivity index (χ0) is 12.1. The van der Waals surface area contributed by atoms with Gasteiger partial charge in [0.2, 0.25) is 0 Å². The Bertz CT molecular complexity index is 393. The molecule has 0 amide bonds. The molecule has 4 nitrogen and oxygen atoms in total. The highest BCUT2D eigenvalue weighted by molar-refractivity contribution is 7.98. The minimum absolute atomic E-state index is 0.153. The summed E-state index contributed by atoms with van der Waals surface area (Å²) in [4.78, 5) is 3.07. The molecule has 0 bridgehead atoms. The van der Waals surface area contributed by atoms with Crippen LogP contribution in [0.5, 0.6) is 0 Å². The monoisotopic (exact) mass is 239 g/mol. The first-order valence-corrected chi connectivity index (χ1v) is 6.24. The fourth-order valence-electron chi connectivity index (χ4n) is 1.49. The molecule has 1 rings (SSSR count). The molecule has 88 valence electrons. The quantitative estimate of drug-likeness (QED) is 0.277. The third-order valence-electron chi connectivity index (χ3n) is 2.47. The highest BCUT2D eigenvalue weighted by Gasteiger charge is 2.14. The van der Waals surface area contributed by atoms with Gasteiger partial charge >= 0.3 is 0 Å². The van der Waals surface area contributed by atoms with Gasteiger partial charge in [-0.3, -0.25) is 0 Å². The lowest BCUT2D eigenvalue weighted by molar-refractivity contribution is 0.318. The largest absolute Gasteiger partial charge is 0.409 e. The Morgan fingerprint density at radius 1 is 1.56 bits per heavy atom. The number of oxime groups is 1. The number of thioether (sulfide) groups is 1. The zero-order valence-corrected chi connectivity index (χ0v) is 10.6. The highest BCUT2D eigenvalue weighted by Crippen LogP contribution is 2.28. The molecule has 0 saturated heterocycles. The van der Waals surface area contributed by atoms with Gasteiger partial charge in [0.05, 0.1) is 5.56 Å². The van der Waals surface area contributed by atoms with E-state index >= 15 is 0 Å². The number of rotatable bonds is 4. The average molecular weight is 239 g/mol. The molecule has 0 aromatic heterocycles. The van der Waals surface area contributed by atoms with Gasteiger partial charge in [0, 0.05) is 24.2 Å². The topological polar surface area (TPSA) is 61.8 Å². The lowest BCUT2D eigenvalue weighted by atomic mass is 10.1. The van der Waals surface area contributed by atoms with E-state index in [1.54, 1.807) is 11.8 Å². The van der Waals surface area contributed by atoms with Crippen molar-refractivity contribution in [3.8, 4) is 0 Å². The number of nitrogens with zero attached hydrogens (tertiary/aromatic N) is 2. The summed E-state index contributed by atoms with van der Waals surface area (Å²) >= 11 is 1.58. The summed E-state index contributed by atoms with van der Waals surface area (Å²) in [6, 6.07) is 5.91. The van der Waals surface area contributed by atoms with Crippen molar-refractivity contribution in [1.29, 1.82) is 0 Å². The van der Waals surface area contributed by atoms with E-state index in [-0.39, 0.29) is 5.84 Å². The summed E-state index contributed by atoms with van der Waals surface area (Å²) in [6.07, 6.45) is 1.97. The second kappa shape index (κ2) is 5.65. The second-order valence-corrected chi connectivity index (χ2v) is 4.20. The maximum atomic E-state index is 8.82. The van der Waals surface area contributed by atoms with Gasteiger partial charge in [0.1, 0.15) is 0 Å². The molecule has 5 heteroatoms. The summed E-state index contributed by atoms with van der Waals surface area (Å²) in [5.41, 5.74) is 7.49. The Morgan fingerprint density at radius 3 is 2.75 bits per heavy atom. The number of nitrogens with two attached hydrogens (primary N) is 1. The Morgan fingerprint density at radius 2 is 2.25 bits per heavy atom. The van der Waals surface area contributed by atoms with Gasteiger partial charge in [-0.15, -0.1) is 11.8 Å². The van der Waals surface area contributed by atoms with E-state index in [1.165, 1.54) is 0 Å². The Kier molecular flexibility index (Phi) is 4.49. The molecule has 0 aliphatic heterocycles. The summed E-state index contributed by atoms with van der Waals surface area (Å²) in [6.45, 7) is 2.92. The normalized spacial score (nSPS) is 11.6. The first kappa shape index (κ1) is 12.7. The second-order valence-electron chi connectivity index (χ2n) is 3.35. The number of anilines is 1. The minimum atomic E-state index is 0.153. The number of hydrogen-bond donors (Lipinski definition) is 2. The smallest absolute Gasteiger partial charge is 0.173 e. The van der Waals surface area contributed by atoms with E-state index in [4.69, 9.17) is 10.9 Å². The van der Waals surface area contributed by atoms with Crippen molar-refractivity contribution >= 4 is 23.3 Å². The van der Waals surface area contributed by atoms with E-state index < -0.39 is 0 Å². The number of amidine groups is 1. The maximum Gasteiger partial charge on any atom is 0.173 e. The Hall–Kier alpha value is -1.36. The third-order valence-corrected chi connectivity index (χ3v) is 3.25. The van der Waals surface area contributed by atoms with Crippen LogP contribution in [0.4, 0.5) is 5.69 Å². The van der Waals surface area contributed by atoms with Crippen LogP contribution in [0.25, 0.3) is 0 Å². The van der Waals surface area contributed by atoms with E-state index in [0.29, 0.717) is 0 Å². The van der Waals surface area contributed by atoms with Crippen LogP contribution < -0.4 is 10.6 Å². The van der Waals surface area contributed by atoms with Crippen LogP contribution in [0.2, 0.25) is 0 Å². The molecule has 0 aliphatic carbocycles. The molecule has 0 radical (unpaired) electrons. The van der Waals surface area contributed by atoms with Crippen molar-refractivity contribution in [2.45, 2.75) is 11.8 Å². The van der Waals surface area contributed by atoms with Crippen molar-refractivity contribution in [1.82, 2.24) is 0 Å². The van der Waals surface area contributed by atoms with E-state index in [1.807, 2.05) is 31.5 Å². The average Bonchev–Trinajstić information content (AvgIpc) is 2.35. The van der Waals surface area contributed by atoms with Gasteiger partial charge in [-0.05, 0) is 25.3 Å². The first-order chi connectivity index (χ1) is 7.65. The lowest BCUT2D eigenvalue weighted by Gasteiger charge is -2.21. The first-order valence-electron chi connectivity index (χ1n) is 5.01. The molecular formula is C11H17N3OS. The van der Waals surface area contributed by atoms with Crippen LogP contribution in [0.3, 0.4) is 0 Å². The predicted octanol–water partition coefficient (Wildman–Crippen LogP) is 1.96. The molecule has 0 heterocycles. The number of benzene rings is 1. The Balaban J connectivity index is 3.37. The summed E-state index contributed by atoms with van der Waals surface area (Å²) < 4.78 is 0. The number of hydrogen-bond acceptors (Lipinski definition) is 4. The molecule has 1 aromatic rings. The molecular weight excluding hydrogens is 222 g/mol. The molecule has 0 saturated carbocycles. The molecule has 0 aliphatic rings. The fraction of sp³-hybridized carbons (Fsp3) is 0.364. The summed E-state index contributed by atoms with van der Waals surface area (Å²) in [7, 11) is 1.98. The molecule has 1 aromatic carbocycles. The van der Waals surface area contributed by atoms with Crippen LogP contribution in [0, 0.1) is 0 Å². The highest BCUT2D eigenvalue weighted by atomic mass is 32.2. The van der Waals surface area contributed by atoms with Crippen LogP contribution in [0.15, 0.2) is 28.3 Å². The van der Waals surface area contributed by atoms with Crippen LogP contribution in [-0.2, 0) is 0 Å². The van der Waals surface area contributed by atoms with Crippen LogP contribution in [-0.4, -0.2) is 30.9 Å². The van der Waals surface area contributed by atoms with Gasteiger partial charge in [-0.25, -0.2) is 0 Å². The van der Waals surface area contributed by atoms with Crippen molar-refractivity contribution in [2.75, 3.05) is 24.7 Å². The predicted molar refractivity (Wildman–Crippen MR) is 69.7 cm³/mol. The van der Waals surface area contributed by atoms with E-state index in [9.17, 15) is 0 Å². The lowest BCUT2D eigenvalue weighted by Crippen LogP contribution is -2.23. The van der Waals surface area contributed by atoms with Crippen LogP contribution in [0.1, 0.15) is 12.5 Å².